The Bertz CT molecular complexity index is 1880. The van der Waals surface area contributed by atoms with Crippen LogP contribution in [0.5, 0.6) is 11.5 Å². The number of aliphatic hydroxyl groups excluding tert-OH is 1. The summed E-state index contributed by atoms with van der Waals surface area (Å²) in [5.41, 5.74) is 4.08. The maximum absolute atomic E-state index is 13.0. The smallest absolute Gasteiger partial charge is 0.212 e. The van der Waals surface area contributed by atoms with Crippen molar-refractivity contribution in [3.8, 4) is 32.8 Å². The Morgan fingerprint density at radius 3 is 2.60 bits per heavy atom. The molecule has 9 nitrogen and oxygen atoms in total. The topological polar surface area (TPSA) is 112 Å². The molecule has 2 aromatic carbocycles. The van der Waals surface area contributed by atoms with E-state index in [4.69, 9.17) is 24.4 Å². The molecule has 0 radical (unpaired) electrons. The highest BCUT2D eigenvalue weighted by Gasteiger charge is 2.26. The number of carbonyl (C=O) groups is 1. The molecule has 0 saturated heterocycles. The number of ether oxygens (including phenoxy) is 2. The number of hydrogen-bond donors (Lipinski definition) is 1. The lowest BCUT2D eigenvalue weighted by Gasteiger charge is -2.26. The maximum Gasteiger partial charge on any atom is 0.212 e. The highest BCUT2D eigenvalue weighted by atomic mass is 32.1. The number of aryl methyl sites for hydroxylation is 1. The van der Waals surface area contributed by atoms with Crippen LogP contribution >= 0.6 is 34.0 Å². The summed E-state index contributed by atoms with van der Waals surface area (Å²) in [4.78, 5) is 28.2. The second-order valence-electron chi connectivity index (χ2n) is 10.7. The average molecular weight is 632 g/mol. The van der Waals surface area contributed by atoms with Crippen molar-refractivity contribution in [2.45, 2.75) is 39.2 Å². The van der Waals surface area contributed by atoms with E-state index in [2.05, 4.69) is 5.10 Å². The summed E-state index contributed by atoms with van der Waals surface area (Å²) < 4.78 is 14.5. The Balaban J connectivity index is 1.05. The van der Waals surface area contributed by atoms with Gasteiger partial charge in [0.15, 0.2) is 5.78 Å². The number of benzene rings is 2. The summed E-state index contributed by atoms with van der Waals surface area (Å²) >= 11 is 4.62. The third-order valence-corrected chi connectivity index (χ3v) is 10.7. The van der Waals surface area contributed by atoms with Gasteiger partial charge in [0.25, 0.3) is 0 Å². The molecule has 1 N–H and O–H groups in total. The molecule has 1 aliphatic carbocycles. The molecular formula is C31H29N5O4S3. The number of Topliss-reactive ketones (excluding diaryl/α,β-unsaturated/α-hetero) is 1. The summed E-state index contributed by atoms with van der Waals surface area (Å²) in [6, 6.07) is 11.5. The Morgan fingerprint density at radius 1 is 1.05 bits per heavy atom. The van der Waals surface area contributed by atoms with Crippen LogP contribution in [0.1, 0.15) is 46.7 Å². The molecular weight excluding hydrogens is 603 g/mol. The van der Waals surface area contributed by atoms with E-state index < -0.39 is 0 Å². The van der Waals surface area contributed by atoms with Gasteiger partial charge < -0.3 is 14.6 Å². The number of carbonyl (C=O) groups excluding carboxylic acids is 1. The zero-order chi connectivity index (χ0) is 29.5. The molecule has 0 aliphatic heterocycles. The number of nitrogens with zero attached hydrogens (tertiary/aromatic N) is 5. The van der Waals surface area contributed by atoms with E-state index in [1.54, 1.807) is 34.3 Å². The van der Waals surface area contributed by atoms with E-state index in [9.17, 15) is 9.90 Å². The van der Waals surface area contributed by atoms with Gasteiger partial charge in [0.1, 0.15) is 38.8 Å². The minimum absolute atomic E-state index is 0.0491. The SMILES string of the molecule is COc1cc(OCc2csc(-c3ccc(C(=O)C4CCC(CO)CC4)cc3)n2)c2sc(-c3cn4nc(C)sc4n3)nc2c1. The number of rotatable bonds is 9. The largest absolute Gasteiger partial charge is 0.497 e. The van der Waals surface area contributed by atoms with Crippen LogP contribution in [0, 0.1) is 18.8 Å². The maximum atomic E-state index is 13.0. The van der Waals surface area contributed by atoms with Crippen molar-refractivity contribution in [1.82, 2.24) is 24.6 Å². The zero-order valence-electron chi connectivity index (χ0n) is 23.6. The summed E-state index contributed by atoms with van der Waals surface area (Å²) in [7, 11) is 1.63. The van der Waals surface area contributed by atoms with E-state index in [0.717, 1.165) is 78.4 Å². The lowest BCUT2D eigenvalue weighted by atomic mass is 9.79. The van der Waals surface area contributed by atoms with E-state index in [1.165, 1.54) is 11.3 Å². The lowest BCUT2D eigenvalue weighted by molar-refractivity contribution is 0.0846. The van der Waals surface area contributed by atoms with Gasteiger partial charge in [-0.15, -0.1) is 22.7 Å². The van der Waals surface area contributed by atoms with Crippen molar-refractivity contribution in [2.24, 2.45) is 11.8 Å². The number of aliphatic hydroxyl groups is 1. The molecule has 12 heteroatoms. The first-order valence-electron chi connectivity index (χ1n) is 14.1. The Kier molecular flexibility index (Phi) is 7.68. The normalized spacial score (nSPS) is 17.1. The summed E-state index contributed by atoms with van der Waals surface area (Å²) in [6.07, 6.45) is 5.44. The van der Waals surface area contributed by atoms with E-state index in [1.807, 2.05) is 54.9 Å². The predicted octanol–water partition coefficient (Wildman–Crippen LogP) is 7.07. The molecule has 43 heavy (non-hydrogen) atoms. The molecule has 1 saturated carbocycles. The van der Waals surface area contributed by atoms with Crippen LogP contribution in [-0.2, 0) is 6.61 Å². The minimum Gasteiger partial charge on any atom is -0.497 e. The van der Waals surface area contributed by atoms with Crippen LogP contribution in [0.4, 0.5) is 0 Å². The van der Waals surface area contributed by atoms with Crippen molar-refractivity contribution in [2.75, 3.05) is 13.7 Å². The van der Waals surface area contributed by atoms with Gasteiger partial charge in [-0.25, -0.2) is 19.5 Å². The summed E-state index contributed by atoms with van der Waals surface area (Å²) in [6.45, 7) is 2.47. The van der Waals surface area contributed by atoms with Crippen LogP contribution in [0.15, 0.2) is 48.0 Å². The lowest BCUT2D eigenvalue weighted by Crippen LogP contribution is -2.23. The Labute approximate surface area is 259 Å². The monoisotopic (exact) mass is 631 g/mol. The molecule has 0 unspecified atom stereocenters. The van der Waals surface area contributed by atoms with Gasteiger partial charge in [-0.1, -0.05) is 35.6 Å². The van der Waals surface area contributed by atoms with Gasteiger partial charge in [-0.3, -0.25) is 4.79 Å². The Morgan fingerprint density at radius 2 is 1.86 bits per heavy atom. The number of thiazole rings is 2. The average Bonchev–Trinajstić information content (AvgIpc) is 3.83. The molecule has 4 aromatic heterocycles. The quantitative estimate of drug-likeness (QED) is 0.169. The van der Waals surface area contributed by atoms with Crippen LogP contribution < -0.4 is 9.47 Å². The summed E-state index contributed by atoms with van der Waals surface area (Å²) in [5, 5.41) is 18.5. The molecule has 1 fully saturated rings. The molecule has 4 heterocycles. The van der Waals surface area contributed by atoms with Crippen molar-refractivity contribution in [3.63, 3.8) is 0 Å². The molecule has 220 valence electrons. The second-order valence-corrected chi connectivity index (χ2v) is 13.8. The number of imidazole rings is 1. The van der Waals surface area contributed by atoms with E-state index >= 15 is 0 Å². The molecule has 7 rings (SSSR count). The highest BCUT2D eigenvalue weighted by molar-refractivity contribution is 7.22. The number of methoxy groups -OCH3 is 1. The fraction of sp³-hybridized carbons (Fsp3) is 0.323. The third-order valence-electron chi connectivity index (χ3n) is 7.85. The first-order chi connectivity index (χ1) is 21.0. The van der Waals surface area contributed by atoms with E-state index in [0.29, 0.717) is 24.0 Å². The molecule has 1 aliphatic rings. The minimum atomic E-state index is 0.0491. The van der Waals surface area contributed by atoms with Gasteiger partial charge in [0.05, 0.1) is 29.2 Å². The van der Waals surface area contributed by atoms with Gasteiger partial charge in [0, 0.05) is 41.2 Å². The molecule has 0 spiro atoms. The van der Waals surface area contributed by atoms with Crippen LogP contribution in [0.25, 0.3) is 36.5 Å². The third kappa shape index (κ3) is 5.67. The zero-order valence-corrected chi connectivity index (χ0v) is 26.1. The summed E-state index contributed by atoms with van der Waals surface area (Å²) in [5.74, 6) is 1.93. The van der Waals surface area contributed by atoms with Gasteiger partial charge in [-0.05, 0) is 38.5 Å². The first kappa shape index (κ1) is 28.1. The number of hydrogen-bond acceptors (Lipinski definition) is 11. The highest BCUT2D eigenvalue weighted by Crippen LogP contribution is 2.39. The predicted molar refractivity (Wildman–Crippen MR) is 170 cm³/mol. The molecule has 0 bridgehead atoms. The Hall–Kier alpha value is -3.71. The van der Waals surface area contributed by atoms with Gasteiger partial charge >= 0.3 is 0 Å². The van der Waals surface area contributed by atoms with Crippen molar-refractivity contribution in [3.05, 3.63) is 64.2 Å². The fourth-order valence-corrected chi connectivity index (χ4v) is 7.99. The van der Waals surface area contributed by atoms with Crippen LogP contribution in [0.2, 0.25) is 0 Å². The molecule has 0 amide bonds. The van der Waals surface area contributed by atoms with Crippen molar-refractivity contribution in [1.29, 1.82) is 0 Å². The number of ketones is 1. The fourth-order valence-electron chi connectivity index (χ4n) is 5.49. The molecule has 0 atom stereocenters. The molecule has 6 aromatic rings. The van der Waals surface area contributed by atoms with Crippen LogP contribution in [-0.4, -0.2) is 49.2 Å². The van der Waals surface area contributed by atoms with Crippen LogP contribution in [0.3, 0.4) is 0 Å². The second kappa shape index (κ2) is 11.8. The standard InChI is InChI=1S/C31H29N5O4S3/c1-17-35-36-13-25(34-31(36)42-17)30-33-24-11-23(39-2)12-26(28(24)43-30)40-15-22-16-41-29(32-22)21-9-7-20(8-10-21)27(38)19-5-3-18(14-37)4-6-19/h7-13,16,18-19,37H,3-6,14-15H2,1-2H3. The van der Waals surface area contributed by atoms with Gasteiger partial charge in [0.2, 0.25) is 4.96 Å². The number of fused-ring (bicyclic) bond motifs is 2. The van der Waals surface area contributed by atoms with Gasteiger partial charge in [-0.2, -0.15) is 5.10 Å². The number of aromatic nitrogens is 5. The van der Waals surface area contributed by atoms with Crippen molar-refractivity contribution < 1.29 is 19.4 Å². The first-order valence-corrected chi connectivity index (χ1v) is 16.6. The van der Waals surface area contributed by atoms with Crippen molar-refractivity contribution >= 4 is 55.0 Å². The van der Waals surface area contributed by atoms with E-state index in [-0.39, 0.29) is 18.3 Å².